The summed E-state index contributed by atoms with van der Waals surface area (Å²) in [6, 6.07) is 14.2. The average Bonchev–Trinajstić information content (AvgIpc) is 2.68. The standard InChI is InChI=1S/C24H14O2S/c1-3-18-6-4-5-7-20(18)22-15-23(25)21(14-24(22)26)19-12-10-17(11-13-19)9-8-16(2)27/h1,4-7,10-15H,2H3. The van der Waals surface area contributed by atoms with Crippen molar-refractivity contribution in [3.8, 4) is 24.2 Å². The SMILES string of the molecule is C#Cc1ccccc1C1=CC(=O)C(c2ccc(C#CC(C)=S)cc2)=CC1=O. The lowest BCUT2D eigenvalue weighted by Gasteiger charge is -2.14. The molecule has 128 valence electrons. The van der Waals surface area contributed by atoms with Gasteiger partial charge in [0.1, 0.15) is 0 Å². The van der Waals surface area contributed by atoms with Crippen LogP contribution >= 0.6 is 12.2 Å². The Labute approximate surface area is 163 Å². The minimum absolute atomic E-state index is 0.231. The van der Waals surface area contributed by atoms with Crippen molar-refractivity contribution < 1.29 is 9.59 Å². The summed E-state index contributed by atoms with van der Waals surface area (Å²) in [6.07, 6.45) is 8.23. The van der Waals surface area contributed by atoms with Gasteiger partial charge in [-0.25, -0.2) is 0 Å². The van der Waals surface area contributed by atoms with Gasteiger partial charge in [0.2, 0.25) is 0 Å². The number of carbonyl (C=O) groups excluding carboxylic acids is 2. The quantitative estimate of drug-likeness (QED) is 0.457. The lowest BCUT2D eigenvalue weighted by Crippen LogP contribution is -2.12. The molecule has 0 heterocycles. The summed E-state index contributed by atoms with van der Waals surface area (Å²) >= 11 is 4.94. The van der Waals surface area contributed by atoms with E-state index in [-0.39, 0.29) is 11.6 Å². The number of terminal acetylenes is 1. The predicted molar refractivity (Wildman–Crippen MR) is 112 cm³/mol. The van der Waals surface area contributed by atoms with E-state index in [4.69, 9.17) is 18.6 Å². The molecule has 1 aliphatic rings. The summed E-state index contributed by atoms with van der Waals surface area (Å²) < 4.78 is 0. The van der Waals surface area contributed by atoms with Crippen LogP contribution in [0.5, 0.6) is 0 Å². The molecule has 0 saturated carbocycles. The largest absolute Gasteiger partial charge is 0.289 e. The maximum absolute atomic E-state index is 12.6. The molecule has 0 atom stereocenters. The van der Waals surface area contributed by atoms with Gasteiger partial charge >= 0.3 is 0 Å². The van der Waals surface area contributed by atoms with E-state index < -0.39 is 0 Å². The molecule has 0 aromatic heterocycles. The molecular weight excluding hydrogens is 352 g/mol. The van der Waals surface area contributed by atoms with Gasteiger partial charge < -0.3 is 0 Å². The second-order valence-corrected chi connectivity index (χ2v) is 6.53. The van der Waals surface area contributed by atoms with Crippen LogP contribution in [0.15, 0.2) is 60.7 Å². The van der Waals surface area contributed by atoms with Crippen molar-refractivity contribution in [3.05, 3.63) is 82.9 Å². The Balaban J connectivity index is 1.92. The second-order valence-electron chi connectivity index (χ2n) is 5.92. The van der Waals surface area contributed by atoms with Crippen LogP contribution in [0.4, 0.5) is 0 Å². The fourth-order valence-corrected chi connectivity index (χ4v) is 2.78. The van der Waals surface area contributed by atoms with Gasteiger partial charge in [0.05, 0.1) is 4.86 Å². The van der Waals surface area contributed by atoms with E-state index in [1.807, 2.05) is 0 Å². The lowest BCUT2D eigenvalue weighted by atomic mass is 9.87. The Morgan fingerprint density at radius 1 is 0.926 bits per heavy atom. The van der Waals surface area contributed by atoms with Crippen molar-refractivity contribution in [2.24, 2.45) is 0 Å². The van der Waals surface area contributed by atoms with E-state index in [0.717, 1.165) is 5.56 Å². The van der Waals surface area contributed by atoms with Crippen LogP contribution in [-0.2, 0) is 9.59 Å². The molecule has 0 N–H and O–H groups in total. The summed E-state index contributed by atoms with van der Waals surface area (Å²) in [6.45, 7) is 1.76. The van der Waals surface area contributed by atoms with Crippen LogP contribution in [0.3, 0.4) is 0 Å². The number of hydrogen-bond donors (Lipinski definition) is 0. The van der Waals surface area contributed by atoms with Crippen molar-refractivity contribution in [1.82, 2.24) is 0 Å². The molecule has 1 aliphatic carbocycles. The highest BCUT2D eigenvalue weighted by atomic mass is 32.1. The van der Waals surface area contributed by atoms with Gasteiger partial charge in [0.15, 0.2) is 11.6 Å². The second kappa shape index (κ2) is 7.79. The number of allylic oxidation sites excluding steroid dienone is 4. The van der Waals surface area contributed by atoms with Crippen LogP contribution in [0, 0.1) is 24.2 Å². The number of thiocarbonyl (C=S) groups is 1. The Bertz CT molecular complexity index is 1130. The smallest absolute Gasteiger partial charge is 0.187 e. The van der Waals surface area contributed by atoms with E-state index in [1.165, 1.54) is 12.2 Å². The topological polar surface area (TPSA) is 34.1 Å². The maximum atomic E-state index is 12.6. The van der Waals surface area contributed by atoms with Gasteiger partial charge in [0.25, 0.3) is 0 Å². The van der Waals surface area contributed by atoms with Gasteiger partial charge in [-0.3, -0.25) is 9.59 Å². The molecule has 0 spiro atoms. The molecule has 0 bridgehead atoms. The molecule has 2 aromatic carbocycles. The first kappa shape index (κ1) is 18.3. The zero-order valence-electron chi connectivity index (χ0n) is 14.6. The lowest BCUT2D eigenvalue weighted by molar-refractivity contribution is -0.112. The molecule has 2 nitrogen and oxygen atoms in total. The van der Waals surface area contributed by atoms with Gasteiger partial charge in [0, 0.05) is 27.8 Å². The molecule has 0 amide bonds. The predicted octanol–water partition coefficient (Wildman–Crippen LogP) is 4.03. The van der Waals surface area contributed by atoms with Crippen LogP contribution in [-0.4, -0.2) is 16.4 Å². The summed E-state index contributed by atoms with van der Waals surface area (Å²) in [4.78, 5) is 25.9. The van der Waals surface area contributed by atoms with Crippen LogP contribution in [0.25, 0.3) is 11.1 Å². The summed E-state index contributed by atoms with van der Waals surface area (Å²) in [5.74, 6) is 7.85. The highest BCUT2D eigenvalue weighted by molar-refractivity contribution is 7.80. The Morgan fingerprint density at radius 3 is 2.22 bits per heavy atom. The van der Waals surface area contributed by atoms with Gasteiger partial charge in [-0.2, -0.15) is 0 Å². The van der Waals surface area contributed by atoms with Crippen molar-refractivity contribution in [2.75, 3.05) is 0 Å². The maximum Gasteiger partial charge on any atom is 0.187 e. The number of ketones is 2. The highest BCUT2D eigenvalue weighted by Crippen LogP contribution is 2.28. The van der Waals surface area contributed by atoms with Gasteiger partial charge in [-0.05, 0) is 42.8 Å². The third-order valence-corrected chi connectivity index (χ3v) is 4.14. The van der Waals surface area contributed by atoms with Crippen molar-refractivity contribution in [2.45, 2.75) is 6.92 Å². The molecule has 3 rings (SSSR count). The monoisotopic (exact) mass is 366 g/mol. The van der Waals surface area contributed by atoms with Gasteiger partial charge in [-0.1, -0.05) is 60.3 Å². The highest BCUT2D eigenvalue weighted by Gasteiger charge is 2.23. The molecule has 27 heavy (non-hydrogen) atoms. The number of carbonyl (C=O) groups is 2. The first-order valence-corrected chi connectivity index (χ1v) is 8.61. The number of benzene rings is 2. The summed E-state index contributed by atoms with van der Waals surface area (Å²) in [5, 5.41) is 0. The van der Waals surface area contributed by atoms with E-state index in [9.17, 15) is 9.59 Å². The zero-order valence-corrected chi connectivity index (χ0v) is 15.4. The summed E-state index contributed by atoms with van der Waals surface area (Å²) in [7, 11) is 0. The Kier molecular flexibility index (Phi) is 5.27. The minimum atomic E-state index is -0.243. The fraction of sp³-hybridized carbons (Fsp3) is 0.0417. The Hall–Kier alpha value is -3.53. The van der Waals surface area contributed by atoms with Crippen LogP contribution < -0.4 is 0 Å². The summed E-state index contributed by atoms with van der Waals surface area (Å²) in [5.41, 5.74) is 3.30. The van der Waals surface area contributed by atoms with E-state index in [1.54, 1.807) is 55.5 Å². The molecule has 0 aliphatic heterocycles. The molecular formula is C24H14O2S. The third kappa shape index (κ3) is 4.01. The van der Waals surface area contributed by atoms with Crippen LogP contribution in [0.1, 0.15) is 29.2 Å². The molecule has 0 unspecified atom stereocenters. The fourth-order valence-electron chi connectivity index (χ4n) is 2.73. The zero-order chi connectivity index (χ0) is 19.4. The normalized spacial score (nSPS) is 13.0. The molecule has 0 saturated heterocycles. The van der Waals surface area contributed by atoms with E-state index >= 15 is 0 Å². The van der Waals surface area contributed by atoms with Crippen molar-refractivity contribution >= 4 is 39.8 Å². The van der Waals surface area contributed by atoms with Crippen molar-refractivity contribution in [3.63, 3.8) is 0 Å². The van der Waals surface area contributed by atoms with Crippen molar-refractivity contribution in [1.29, 1.82) is 0 Å². The van der Waals surface area contributed by atoms with Gasteiger partial charge in [-0.15, -0.1) is 6.42 Å². The van der Waals surface area contributed by atoms with Crippen LogP contribution in [0.2, 0.25) is 0 Å². The average molecular weight is 366 g/mol. The number of rotatable bonds is 2. The molecule has 0 radical (unpaired) electrons. The first-order valence-electron chi connectivity index (χ1n) is 8.20. The third-order valence-electron chi connectivity index (χ3n) is 4.03. The van der Waals surface area contributed by atoms with E-state index in [2.05, 4.69) is 17.8 Å². The first-order chi connectivity index (χ1) is 13.0. The molecule has 0 fully saturated rings. The Morgan fingerprint density at radius 2 is 1.56 bits per heavy atom. The molecule has 3 heteroatoms. The number of hydrogen-bond acceptors (Lipinski definition) is 3. The minimum Gasteiger partial charge on any atom is -0.289 e. The van der Waals surface area contributed by atoms with E-state index in [0.29, 0.717) is 32.7 Å². The molecule has 2 aromatic rings.